The van der Waals surface area contributed by atoms with Gasteiger partial charge in [-0.1, -0.05) is 23.2 Å². The van der Waals surface area contributed by atoms with Gasteiger partial charge < -0.3 is 10.1 Å². The number of fused-ring (bicyclic) bond motifs is 1. The number of anilines is 1. The van der Waals surface area contributed by atoms with Crippen molar-refractivity contribution in [1.29, 1.82) is 0 Å². The van der Waals surface area contributed by atoms with Gasteiger partial charge in [0.15, 0.2) is 18.2 Å². The van der Waals surface area contributed by atoms with Gasteiger partial charge in [-0.3, -0.25) is 4.90 Å². The van der Waals surface area contributed by atoms with E-state index >= 15 is 0 Å². The van der Waals surface area contributed by atoms with Gasteiger partial charge in [0.05, 0.1) is 21.3 Å². The minimum absolute atomic E-state index is 0.245. The van der Waals surface area contributed by atoms with Crippen molar-refractivity contribution in [2.45, 2.75) is 18.5 Å². The standard InChI is InChI=1S/C12H6Cl2F4N2O2/c13-5-1-4(12(16,17)18)2-6(14)8(5)20-3-7(15)9-10(22-9)19-11(20)21/h1-3,9-10H,(H,19,21). The highest BCUT2D eigenvalue weighted by Gasteiger charge is 2.47. The maximum atomic E-state index is 13.8. The summed E-state index contributed by atoms with van der Waals surface area (Å²) in [5, 5.41) is 1.46. The molecule has 2 heterocycles. The number of amides is 2. The number of hydrogen-bond donors (Lipinski definition) is 1. The summed E-state index contributed by atoms with van der Waals surface area (Å²) in [6, 6.07) is 0.414. The van der Waals surface area contributed by atoms with E-state index in [1.165, 1.54) is 0 Å². The van der Waals surface area contributed by atoms with Crippen molar-refractivity contribution in [1.82, 2.24) is 5.32 Å². The summed E-state index contributed by atoms with van der Waals surface area (Å²) in [6.07, 6.45) is -5.57. The Morgan fingerprint density at radius 2 is 1.82 bits per heavy atom. The van der Waals surface area contributed by atoms with E-state index in [0.717, 1.165) is 11.1 Å². The van der Waals surface area contributed by atoms with Crippen LogP contribution in [-0.2, 0) is 10.9 Å². The Kier molecular flexibility index (Phi) is 3.50. The lowest BCUT2D eigenvalue weighted by molar-refractivity contribution is -0.137. The number of nitrogens with zero attached hydrogens (tertiary/aromatic N) is 1. The third-order valence-corrected chi connectivity index (χ3v) is 3.66. The molecule has 1 aromatic carbocycles. The minimum Gasteiger partial charge on any atom is -0.340 e. The van der Waals surface area contributed by atoms with Gasteiger partial charge >= 0.3 is 12.2 Å². The van der Waals surface area contributed by atoms with Crippen LogP contribution in [0.4, 0.5) is 28.0 Å². The van der Waals surface area contributed by atoms with Gasteiger partial charge in [0.25, 0.3) is 0 Å². The van der Waals surface area contributed by atoms with Crippen LogP contribution in [-0.4, -0.2) is 18.4 Å². The molecule has 2 aliphatic heterocycles. The zero-order valence-electron chi connectivity index (χ0n) is 10.4. The largest absolute Gasteiger partial charge is 0.416 e. The molecule has 0 aliphatic carbocycles. The van der Waals surface area contributed by atoms with Crippen molar-refractivity contribution in [2.24, 2.45) is 0 Å². The number of nitrogens with one attached hydrogen (secondary N) is 1. The second kappa shape index (κ2) is 5.00. The van der Waals surface area contributed by atoms with Gasteiger partial charge in [-0.25, -0.2) is 9.18 Å². The molecule has 2 unspecified atom stereocenters. The molecule has 1 N–H and O–H groups in total. The third kappa shape index (κ3) is 2.62. The first-order valence-corrected chi connectivity index (χ1v) is 6.62. The predicted octanol–water partition coefficient (Wildman–Crippen LogP) is 4.08. The van der Waals surface area contributed by atoms with Crippen molar-refractivity contribution in [2.75, 3.05) is 4.90 Å². The van der Waals surface area contributed by atoms with Crippen LogP contribution in [0.2, 0.25) is 10.0 Å². The van der Waals surface area contributed by atoms with Gasteiger partial charge in [0.1, 0.15) is 0 Å². The Morgan fingerprint density at radius 3 is 2.36 bits per heavy atom. The smallest absolute Gasteiger partial charge is 0.340 e. The van der Waals surface area contributed by atoms with Crippen molar-refractivity contribution in [3.8, 4) is 0 Å². The Balaban J connectivity index is 2.06. The van der Waals surface area contributed by atoms with Gasteiger partial charge in [-0.2, -0.15) is 13.2 Å². The molecular weight excluding hydrogens is 351 g/mol. The Hall–Kier alpha value is -1.51. The quantitative estimate of drug-likeness (QED) is 0.608. The summed E-state index contributed by atoms with van der Waals surface area (Å²) in [4.78, 5) is 12.7. The molecule has 1 fully saturated rings. The van der Waals surface area contributed by atoms with Crippen LogP contribution in [0.3, 0.4) is 0 Å². The Bertz CT molecular complexity index is 669. The van der Waals surface area contributed by atoms with Gasteiger partial charge in [0.2, 0.25) is 0 Å². The fourth-order valence-corrected chi connectivity index (χ4v) is 2.67. The maximum Gasteiger partial charge on any atom is 0.416 e. The molecule has 0 spiro atoms. The van der Waals surface area contributed by atoms with E-state index in [9.17, 15) is 22.4 Å². The molecule has 22 heavy (non-hydrogen) atoms. The molecule has 10 heteroatoms. The molecule has 1 saturated heterocycles. The lowest BCUT2D eigenvalue weighted by Crippen LogP contribution is -2.37. The highest BCUT2D eigenvalue weighted by atomic mass is 35.5. The van der Waals surface area contributed by atoms with E-state index in [4.69, 9.17) is 27.9 Å². The lowest BCUT2D eigenvalue weighted by Gasteiger charge is -2.21. The maximum absolute atomic E-state index is 13.8. The number of carbonyl (C=O) groups excluding carboxylic acids is 1. The number of rotatable bonds is 1. The summed E-state index contributed by atoms with van der Waals surface area (Å²) in [7, 11) is 0. The fraction of sp³-hybridized carbons (Fsp3) is 0.250. The number of carbonyl (C=O) groups is 1. The molecule has 3 rings (SSSR count). The Morgan fingerprint density at radius 1 is 1.23 bits per heavy atom. The summed E-state index contributed by atoms with van der Waals surface area (Å²) < 4.78 is 56.6. The van der Waals surface area contributed by atoms with E-state index in [0.29, 0.717) is 12.1 Å². The fourth-order valence-electron chi connectivity index (χ4n) is 2.00. The molecule has 0 radical (unpaired) electrons. The lowest BCUT2D eigenvalue weighted by atomic mass is 10.2. The molecule has 118 valence electrons. The number of alkyl halides is 3. The second-order valence-corrected chi connectivity index (χ2v) is 5.41. The predicted molar refractivity (Wildman–Crippen MR) is 70.3 cm³/mol. The van der Waals surface area contributed by atoms with Crippen LogP contribution in [0.15, 0.2) is 24.2 Å². The number of epoxide rings is 1. The minimum atomic E-state index is -4.65. The van der Waals surface area contributed by atoms with Crippen molar-refractivity contribution in [3.05, 3.63) is 39.8 Å². The van der Waals surface area contributed by atoms with Gasteiger partial charge in [-0.05, 0) is 12.1 Å². The van der Waals surface area contributed by atoms with Crippen molar-refractivity contribution < 1.29 is 27.1 Å². The van der Waals surface area contributed by atoms with E-state index in [2.05, 4.69) is 5.32 Å². The van der Waals surface area contributed by atoms with Gasteiger partial charge in [0, 0.05) is 6.20 Å². The number of ether oxygens (including phenoxy) is 1. The topological polar surface area (TPSA) is 44.9 Å². The van der Waals surface area contributed by atoms with Crippen LogP contribution in [0.25, 0.3) is 0 Å². The molecule has 2 atom stereocenters. The van der Waals surface area contributed by atoms with Crippen molar-refractivity contribution >= 4 is 34.9 Å². The average molecular weight is 357 g/mol. The Labute approximate surface area is 131 Å². The zero-order valence-corrected chi connectivity index (χ0v) is 11.9. The van der Waals surface area contributed by atoms with Crippen LogP contribution >= 0.6 is 23.2 Å². The number of urea groups is 1. The molecule has 0 aromatic heterocycles. The third-order valence-electron chi connectivity index (χ3n) is 3.09. The summed E-state index contributed by atoms with van der Waals surface area (Å²) in [5.74, 6) is -0.768. The normalized spacial score (nSPS) is 24.4. The number of benzene rings is 1. The molecule has 1 aromatic rings. The summed E-state index contributed by atoms with van der Waals surface area (Å²) in [6.45, 7) is 0. The molecule has 2 aliphatic rings. The van der Waals surface area contributed by atoms with E-state index in [1.807, 2.05) is 0 Å². The number of hydrogen-bond acceptors (Lipinski definition) is 2. The molecule has 0 saturated carbocycles. The monoisotopic (exact) mass is 356 g/mol. The number of halogens is 6. The molecular formula is C12H6Cl2F4N2O2. The molecule has 2 amide bonds. The SMILES string of the molecule is O=C1NC2OC2C(F)=CN1c1c(Cl)cc(C(F)(F)F)cc1Cl. The second-order valence-electron chi connectivity index (χ2n) is 4.60. The first kappa shape index (κ1) is 15.4. The van der Waals surface area contributed by atoms with E-state index in [1.54, 1.807) is 0 Å². The first-order valence-electron chi connectivity index (χ1n) is 5.87. The molecule has 4 nitrogen and oxygen atoms in total. The first-order chi connectivity index (χ1) is 10.2. The van der Waals surface area contributed by atoms with Crippen LogP contribution in [0.5, 0.6) is 0 Å². The van der Waals surface area contributed by atoms with E-state index in [-0.39, 0.29) is 5.69 Å². The zero-order chi connectivity index (χ0) is 16.2. The molecule has 0 bridgehead atoms. The van der Waals surface area contributed by atoms with Crippen LogP contribution in [0, 0.1) is 0 Å². The van der Waals surface area contributed by atoms with Crippen LogP contribution < -0.4 is 10.2 Å². The highest BCUT2D eigenvalue weighted by molar-refractivity contribution is 6.40. The summed E-state index contributed by atoms with van der Waals surface area (Å²) >= 11 is 11.6. The van der Waals surface area contributed by atoms with Crippen LogP contribution in [0.1, 0.15) is 5.56 Å². The average Bonchev–Trinajstić information content (AvgIpc) is 3.14. The van der Waals surface area contributed by atoms with E-state index < -0.39 is 46.0 Å². The highest BCUT2D eigenvalue weighted by Crippen LogP contribution is 2.42. The summed E-state index contributed by atoms with van der Waals surface area (Å²) in [5.41, 5.74) is -1.32. The van der Waals surface area contributed by atoms with Crippen molar-refractivity contribution in [3.63, 3.8) is 0 Å². The van der Waals surface area contributed by atoms with Gasteiger partial charge in [-0.15, -0.1) is 0 Å².